The van der Waals surface area contributed by atoms with Crippen LogP contribution in [0.5, 0.6) is 0 Å². The third-order valence-corrected chi connectivity index (χ3v) is 5.15. The van der Waals surface area contributed by atoms with Crippen molar-refractivity contribution in [3.63, 3.8) is 0 Å². The standard InChI is InChI=1S/C20H28N4O2/c1-3-19(25)23-13-7-8-15(14-23)20(26)21-12-11-18-22-16-9-5-6-10-17(16)24(18)4-2/h5-6,9-10,15H,3-4,7-8,11-14H2,1-2H3,(H,21,26)/t15-/m1/s1. The second kappa shape index (κ2) is 8.34. The van der Waals surface area contributed by atoms with Crippen LogP contribution in [0.25, 0.3) is 11.0 Å². The molecule has 0 aliphatic carbocycles. The Morgan fingerprint density at radius 2 is 2.08 bits per heavy atom. The second-order valence-corrected chi connectivity index (χ2v) is 6.83. The molecule has 1 aliphatic heterocycles. The van der Waals surface area contributed by atoms with Gasteiger partial charge in [0.1, 0.15) is 5.82 Å². The zero-order valence-electron chi connectivity index (χ0n) is 15.7. The first-order valence-corrected chi connectivity index (χ1v) is 9.63. The minimum absolute atomic E-state index is 0.0535. The van der Waals surface area contributed by atoms with E-state index in [2.05, 4.69) is 22.9 Å². The van der Waals surface area contributed by atoms with Crippen LogP contribution in [0.15, 0.2) is 24.3 Å². The van der Waals surface area contributed by atoms with Crippen molar-refractivity contribution in [2.45, 2.75) is 46.1 Å². The first-order chi connectivity index (χ1) is 12.6. The van der Waals surface area contributed by atoms with Gasteiger partial charge >= 0.3 is 0 Å². The number of rotatable bonds is 6. The van der Waals surface area contributed by atoms with Gasteiger partial charge in [0.05, 0.1) is 17.0 Å². The maximum absolute atomic E-state index is 12.5. The molecule has 1 N–H and O–H groups in total. The lowest BCUT2D eigenvalue weighted by molar-refractivity contribution is -0.135. The number of nitrogens with zero attached hydrogens (tertiary/aromatic N) is 3. The zero-order valence-corrected chi connectivity index (χ0v) is 15.7. The number of nitrogens with one attached hydrogen (secondary N) is 1. The van der Waals surface area contributed by atoms with Crippen molar-refractivity contribution in [3.8, 4) is 0 Å². The summed E-state index contributed by atoms with van der Waals surface area (Å²) in [5.74, 6) is 1.10. The second-order valence-electron chi connectivity index (χ2n) is 6.83. The molecule has 26 heavy (non-hydrogen) atoms. The number of hydrogen-bond acceptors (Lipinski definition) is 3. The van der Waals surface area contributed by atoms with Gasteiger partial charge < -0.3 is 14.8 Å². The van der Waals surface area contributed by atoms with Crippen LogP contribution in [-0.4, -0.2) is 45.9 Å². The summed E-state index contributed by atoms with van der Waals surface area (Å²) in [5.41, 5.74) is 2.13. The Morgan fingerprint density at radius 3 is 2.85 bits per heavy atom. The summed E-state index contributed by atoms with van der Waals surface area (Å²) in [6.45, 7) is 6.73. The molecule has 1 aromatic heterocycles. The summed E-state index contributed by atoms with van der Waals surface area (Å²) in [4.78, 5) is 30.9. The fraction of sp³-hybridized carbons (Fsp3) is 0.550. The maximum Gasteiger partial charge on any atom is 0.224 e. The van der Waals surface area contributed by atoms with E-state index >= 15 is 0 Å². The first kappa shape index (κ1) is 18.4. The average molecular weight is 356 g/mol. The minimum Gasteiger partial charge on any atom is -0.355 e. The van der Waals surface area contributed by atoms with Crippen LogP contribution in [0.2, 0.25) is 0 Å². The topological polar surface area (TPSA) is 67.2 Å². The number of aromatic nitrogens is 2. The molecule has 0 spiro atoms. The Hall–Kier alpha value is -2.37. The molecule has 0 radical (unpaired) electrons. The first-order valence-electron chi connectivity index (χ1n) is 9.63. The number of aryl methyl sites for hydroxylation is 1. The number of piperidine rings is 1. The lowest BCUT2D eigenvalue weighted by Crippen LogP contribution is -2.45. The van der Waals surface area contributed by atoms with Crippen LogP contribution in [0, 0.1) is 5.92 Å². The van der Waals surface area contributed by atoms with Crippen molar-refractivity contribution < 1.29 is 9.59 Å². The van der Waals surface area contributed by atoms with Crippen LogP contribution in [0.3, 0.4) is 0 Å². The summed E-state index contributed by atoms with van der Waals surface area (Å²) < 4.78 is 2.20. The highest BCUT2D eigenvalue weighted by Crippen LogP contribution is 2.18. The van der Waals surface area contributed by atoms with Crippen molar-refractivity contribution >= 4 is 22.8 Å². The molecule has 2 aromatic rings. The van der Waals surface area contributed by atoms with Gasteiger partial charge in [-0.25, -0.2) is 4.98 Å². The number of amides is 2. The molecule has 1 saturated heterocycles. The molecule has 2 heterocycles. The molecule has 1 fully saturated rings. The van der Waals surface area contributed by atoms with Gasteiger partial charge in [-0.15, -0.1) is 0 Å². The molecule has 0 unspecified atom stereocenters. The normalized spacial score (nSPS) is 17.5. The highest BCUT2D eigenvalue weighted by atomic mass is 16.2. The summed E-state index contributed by atoms with van der Waals surface area (Å²) in [5, 5.41) is 3.04. The molecular weight excluding hydrogens is 328 g/mol. The van der Waals surface area contributed by atoms with Gasteiger partial charge in [-0.1, -0.05) is 19.1 Å². The van der Waals surface area contributed by atoms with E-state index in [9.17, 15) is 9.59 Å². The van der Waals surface area contributed by atoms with Gasteiger partial charge in [0.2, 0.25) is 11.8 Å². The lowest BCUT2D eigenvalue weighted by Gasteiger charge is -2.31. The van der Waals surface area contributed by atoms with Crippen molar-refractivity contribution in [1.29, 1.82) is 0 Å². The Balaban J connectivity index is 1.56. The van der Waals surface area contributed by atoms with E-state index in [1.807, 2.05) is 30.0 Å². The van der Waals surface area contributed by atoms with Crippen LogP contribution in [0.4, 0.5) is 0 Å². The highest BCUT2D eigenvalue weighted by molar-refractivity contribution is 5.81. The average Bonchev–Trinajstić information content (AvgIpc) is 3.04. The molecule has 6 heteroatoms. The maximum atomic E-state index is 12.5. The van der Waals surface area contributed by atoms with Crippen molar-refractivity contribution in [2.75, 3.05) is 19.6 Å². The van der Waals surface area contributed by atoms with Gasteiger partial charge in [0.15, 0.2) is 0 Å². The molecule has 1 atom stereocenters. The number of hydrogen-bond donors (Lipinski definition) is 1. The molecule has 1 aliphatic rings. The Labute approximate surface area is 154 Å². The summed E-state index contributed by atoms with van der Waals surface area (Å²) >= 11 is 0. The Bertz CT molecular complexity index is 783. The van der Waals surface area contributed by atoms with Gasteiger partial charge in [-0.3, -0.25) is 9.59 Å². The molecule has 6 nitrogen and oxygen atoms in total. The Morgan fingerprint density at radius 1 is 1.27 bits per heavy atom. The highest BCUT2D eigenvalue weighted by Gasteiger charge is 2.27. The Kier molecular flexibility index (Phi) is 5.91. The predicted octanol–water partition coefficient (Wildman–Crippen LogP) is 2.36. The number of fused-ring (bicyclic) bond motifs is 1. The summed E-state index contributed by atoms with van der Waals surface area (Å²) in [6.07, 6.45) is 2.96. The third kappa shape index (κ3) is 3.89. The summed E-state index contributed by atoms with van der Waals surface area (Å²) in [6, 6.07) is 8.11. The molecule has 0 saturated carbocycles. The zero-order chi connectivity index (χ0) is 18.5. The molecule has 140 valence electrons. The van der Waals surface area contributed by atoms with Gasteiger partial charge in [-0.2, -0.15) is 0 Å². The van der Waals surface area contributed by atoms with Crippen LogP contribution < -0.4 is 5.32 Å². The smallest absolute Gasteiger partial charge is 0.224 e. The lowest BCUT2D eigenvalue weighted by atomic mass is 9.97. The van der Waals surface area contributed by atoms with Crippen molar-refractivity contribution in [3.05, 3.63) is 30.1 Å². The molecule has 1 aromatic carbocycles. The van der Waals surface area contributed by atoms with E-state index in [-0.39, 0.29) is 17.7 Å². The van der Waals surface area contributed by atoms with E-state index in [1.165, 1.54) is 0 Å². The van der Waals surface area contributed by atoms with E-state index in [1.54, 1.807) is 0 Å². The van der Waals surface area contributed by atoms with Gasteiger partial charge in [0.25, 0.3) is 0 Å². The monoisotopic (exact) mass is 356 g/mol. The molecule has 3 rings (SSSR count). The number of para-hydroxylation sites is 2. The van der Waals surface area contributed by atoms with E-state index in [0.29, 0.717) is 25.9 Å². The van der Waals surface area contributed by atoms with Crippen LogP contribution in [-0.2, 0) is 22.6 Å². The minimum atomic E-state index is -0.0933. The molecule has 2 amide bonds. The van der Waals surface area contributed by atoms with Crippen molar-refractivity contribution in [1.82, 2.24) is 19.8 Å². The quantitative estimate of drug-likeness (QED) is 0.864. The van der Waals surface area contributed by atoms with Crippen LogP contribution in [0.1, 0.15) is 38.9 Å². The number of carbonyl (C=O) groups is 2. The third-order valence-electron chi connectivity index (χ3n) is 5.15. The number of likely N-dealkylation sites (tertiary alicyclic amines) is 1. The van der Waals surface area contributed by atoms with E-state index < -0.39 is 0 Å². The number of carbonyl (C=O) groups excluding carboxylic acids is 2. The van der Waals surface area contributed by atoms with Crippen LogP contribution >= 0.6 is 0 Å². The van der Waals surface area contributed by atoms with Gasteiger partial charge in [-0.05, 0) is 31.9 Å². The summed E-state index contributed by atoms with van der Waals surface area (Å²) in [7, 11) is 0. The molecular formula is C20H28N4O2. The molecule has 0 bridgehead atoms. The number of imidazole rings is 1. The van der Waals surface area contributed by atoms with Crippen molar-refractivity contribution in [2.24, 2.45) is 5.92 Å². The number of benzene rings is 1. The van der Waals surface area contributed by atoms with E-state index in [4.69, 9.17) is 4.98 Å². The predicted molar refractivity (Wildman–Crippen MR) is 102 cm³/mol. The van der Waals surface area contributed by atoms with E-state index in [0.717, 1.165) is 42.8 Å². The largest absolute Gasteiger partial charge is 0.355 e. The fourth-order valence-corrected chi connectivity index (χ4v) is 3.75. The SMILES string of the molecule is CCC(=O)N1CCC[C@@H](C(=O)NCCc2nc3ccccc3n2CC)C1. The van der Waals surface area contributed by atoms with Gasteiger partial charge in [0, 0.05) is 39.0 Å². The fourth-order valence-electron chi connectivity index (χ4n) is 3.75.